The molecule has 0 radical (unpaired) electrons. The van der Waals surface area contributed by atoms with Crippen LogP contribution in [0.2, 0.25) is 0 Å². The number of hydrogen-bond donors (Lipinski definition) is 1. The quantitative estimate of drug-likeness (QED) is 0.790. The molecule has 1 atom stereocenters. The van der Waals surface area contributed by atoms with Crippen LogP contribution in [0.5, 0.6) is 0 Å². The highest BCUT2D eigenvalue weighted by Crippen LogP contribution is 2.16. The maximum Gasteiger partial charge on any atom is 0.347 e. The number of sulfonamides is 1. The van der Waals surface area contributed by atoms with Crippen molar-refractivity contribution >= 4 is 22.0 Å². The molecule has 2 rings (SSSR count). The summed E-state index contributed by atoms with van der Waals surface area (Å²) in [6, 6.07) is 5.38. The second-order valence-corrected chi connectivity index (χ2v) is 5.97. The van der Waals surface area contributed by atoms with Crippen LogP contribution in [0.3, 0.4) is 0 Å². The van der Waals surface area contributed by atoms with E-state index >= 15 is 0 Å². The predicted molar refractivity (Wildman–Crippen MR) is 67.5 cm³/mol. The van der Waals surface area contributed by atoms with E-state index < -0.39 is 28.1 Å². The molecule has 7 nitrogen and oxygen atoms in total. The lowest BCUT2D eigenvalue weighted by Gasteiger charge is -2.09. The molecule has 1 heterocycles. The minimum Gasteiger partial charge on any atom is -0.463 e. The van der Waals surface area contributed by atoms with E-state index in [2.05, 4.69) is 9.46 Å². The molecular formula is C12H13NO6S. The van der Waals surface area contributed by atoms with Gasteiger partial charge in [0.1, 0.15) is 0 Å². The maximum absolute atomic E-state index is 11.9. The lowest BCUT2D eigenvalue weighted by Crippen LogP contribution is -2.23. The van der Waals surface area contributed by atoms with Crippen molar-refractivity contribution < 1.29 is 27.5 Å². The Morgan fingerprint density at radius 2 is 2.20 bits per heavy atom. The number of cyclic esters (lactones) is 1. The summed E-state index contributed by atoms with van der Waals surface area (Å²) in [5, 5.41) is 0. The minimum absolute atomic E-state index is 0.0524. The molecule has 108 valence electrons. The highest BCUT2D eigenvalue weighted by Gasteiger charge is 2.30. The zero-order valence-electron chi connectivity index (χ0n) is 10.7. The molecule has 1 aromatic rings. The van der Waals surface area contributed by atoms with Gasteiger partial charge in [0.25, 0.3) is 0 Å². The number of hydrogen-bond acceptors (Lipinski definition) is 6. The number of carbonyl (C=O) groups excluding carboxylic acids is 2. The monoisotopic (exact) mass is 299 g/mol. The van der Waals surface area contributed by atoms with Crippen molar-refractivity contribution in [2.75, 3.05) is 13.7 Å². The summed E-state index contributed by atoms with van der Waals surface area (Å²) in [6.07, 6.45) is -0.619. The molecule has 0 unspecified atom stereocenters. The third kappa shape index (κ3) is 2.97. The van der Waals surface area contributed by atoms with Gasteiger partial charge in [0, 0.05) is 6.42 Å². The summed E-state index contributed by atoms with van der Waals surface area (Å²) < 4.78 is 35.1. The maximum atomic E-state index is 11.9. The summed E-state index contributed by atoms with van der Waals surface area (Å²) in [7, 11) is -2.37. The Morgan fingerprint density at radius 1 is 1.45 bits per heavy atom. The molecule has 1 N–H and O–H groups in total. The van der Waals surface area contributed by atoms with Crippen LogP contribution in [-0.2, 0) is 24.3 Å². The molecule has 1 fully saturated rings. The zero-order chi connectivity index (χ0) is 14.8. The first-order valence-electron chi connectivity index (χ1n) is 5.85. The van der Waals surface area contributed by atoms with Crippen LogP contribution >= 0.6 is 0 Å². The Kier molecular flexibility index (Phi) is 4.05. The lowest BCUT2D eigenvalue weighted by molar-refractivity contribution is -0.145. The molecule has 1 aliphatic heterocycles. The first-order valence-corrected chi connectivity index (χ1v) is 7.33. The van der Waals surface area contributed by atoms with Gasteiger partial charge < -0.3 is 9.47 Å². The Hall–Kier alpha value is -1.93. The van der Waals surface area contributed by atoms with E-state index in [0.29, 0.717) is 6.42 Å². The van der Waals surface area contributed by atoms with Crippen molar-refractivity contribution in [3.8, 4) is 0 Å². The first kappa shape index (κ1) is 14.5. The van der Waals surface area contributed by atoms with Gasteiger partial charge in [-0.05, 0) is 25.2 Å². The standard InChI is InChI=1S/C12H13NO6S/c1-13-20(16,17)9-4-2-3-8(7-9)11(14)19-10-5-6-18-12(10)15/h2-4,7,10,13H,5-6H2,1H3/t10-/m1/s1. The van der Waals surface area contributed by atoms with Gasteiger partial charge in [-0.2, -0.15) is 0 Å². The van der Waals surface area contributed by atoms with Crippen molar-refractivity contribution in [2.45, 2.75) is 17.4 Å². The Balaban J connectivity index is 2.19. The van der Waals surface area contributed by atoms with E-state index in [1.54, 1.807) is 0 Å². The van der Waals surface area contributed by atoms with Crippen LogP contribution in [0, 0.1) is 0 Å². The molecule has 1 aromatic carbocycles. The van der Waals surface area contributed by atoms with E-state index in [9.17, 15) is 18.0 Å². The molecule has 8 heteroatoms. The lowest BCUT2D eigenvalue weighted by atomic mass is 10.2. The third-order valence-corrected chi connectivity index (χ3v) is 4.20. The molecule has 0 spiro atoms. The van der Waals surface area contributed by atoms with Gasteiger partial charge in [0.15, 0.2) is 0 Å². The van der Waals surface area contributed by atoms with E-state index in [0.717, 1.165) is 0 Å². The summed E-state index contributed by atoms with van der Waals surface area (Å²) in [6.45, 7) is 0.213. The van der Waals surface area contributed by atoms with Gasteiger partial charge >= 0.3 is 11.9 Å². The van der Waals surface area contributed by atoms with Crippen molar-refractivity contribution in [1.29, 1.82) is 0 Å². The average molecular weight is 299 g/mol. The fraction of sp³-hybridized carbons (Fsp3) is 0.333. The van der Waals surface area contributed by atoms with Gasteiger partial charge in [0.2, 0.25) is 16.1 Å². The zero-order valence-corrected chi connectivity index (χ0v) is 11.5. The fourth-order valence-electron chi connectivity index (χ4n) is 1.69. The minimum atomic E-state index is -3.64. The van der Waals surface area contributed by atoms with Gasteiger partial charge in [-0.15, -0.1) is 0 Å². The van der Waals surface area contributed by atoms with Crippen LogP contribution in [-0.4, -0.2) is 40.1 Å². The number of nitrogens with one attached hydrogen (secondary N) is 1. The Labute approximate surface area is 115 Å². The van der Waals surface area contributed by atoms with Crippen LogP contribution in [0.4, 0.5) is 0 Å². The van der Waals surface area contributed by atoms with Crippen LogP contribution < -0.4 is 4.72 Å². The number of rotatable bonds is 4. The van der Waals surface area contributed by atoms with Crippen molar-refractivity contribution in [3.05, 3.63) is 29.8 Å². The number of esters is 2. The molecule has 0 amide bonds. The summed E-state index contributed by atoms with van der Waals surface area (Å²) in [5.74, 6) is -1.35. The molecule has 0 aliphatic carbocycles. The van der Waals surface area contributed by atoms with Crippen LogP contribution in [0.15, 0.2) is 29.2 Å². The topological polar surface area (TPSA) is 98.8 Å². The second-order valence-electron chi connectivity index (χ2n) is 4.09. The van der Waals surface area contributed by atoms with Crippen molar-refractivity contribution in [1.82, 2.24) is 4.72 Å². The Morgan fingerprint density at radius 3 is 2.80 bits per heavy atom. The molecule has 0 aromatic heterocycles. The van der Waals surface area contributed by atoms with Crippen molar-refractivity contribution in [2.24, 2.45) is 0 Å². The molecular weight excluding hydrogens is 286 g/mol. The predicted octanol–water partition coefficient (Wildman–Crippen LogP) is 0.0670. The van der Waals surface area contributed by atoms with E-state index in [4.69, 9.17) is 4.74 Å². The van der Waals surface area contributed by atoms with Gasteiger partial charge in [0.05, 0.1) is 17.1 Å². The molecule has 0 bridgehead atoms. The Bertz CT molecular complexity index is 639. The largest absolute Gasteiger partial charge is 0.463 e. The van der Waals surface area contributed by atoms with E-state index in [-0.39, 0.29) is 17.1 Å². The molecule has 1 saturated heterocycles. The van der Waals surface area contributed by atoms with Crippen LogP contribution in [0.25, 0.3) is 0 Å². The highest BCUT2D eigenvalue weighted by atomic mass is 32.2. The number of benzene rings is 1. The van der Waals surface area contributed by atoms with Gasteiger partial charge in [-0.3, -0.25) is 0 Å². The molecule has 20 heavy (non-hydrogen) atoms. The summed E-state index contributed by atoms with van der Waals surface area (Å²) in [5.41, 5.74) is 0.0565. The fourth-order valence-corrected chi connectivity index (χ4v) is 2.47. The number of ether oxygens (including phenoxy) is 2. The van der Waals surface area contributed by atoms with Crippen molar-refractivity contribution in [3.63, 3.8) is 0 Å². The SMILES string of the molecule is CNS(=O)(=O)c1cccc(C(=O)O[C@@H]2CCOC2=O)c1. The van der Waals surface area contributed by atoms with Gasteiger partial charge in [-0.1, -0.05) is 6.07 Å². The van der Waals surface area contributed by atoms with E-state index in [1.165, 1.54) is 31.3 Å². The van der Waals surface area contributed by atoms with Crippen LogP contribution in [0.1, 0.15) is 16.8 Å². The van der Waals surface area contributed by atoms with E-state index in [1.807, 2.05) is 0 Å². The first-order chi connectivity index (χ1) is 9.44. The summed E-state index contributed by atoms with van der Waals surface area (Å²) >= 11 is 0. The smallest absolute Gasteiger partial charge is 0.347 e. The average Bonchev–Trinajstić information content (AvgIpc) is 2.84. The third-order valence-electron chi connectivity index (χ3n) is 2.79. The van der Waals surface area contributed by atoms with Gasteiger partial charge in [-0.25, -0.2) is 22.7 Å². The normalized spacial score (nSPS) is 18.6. The highest BCUT2D eigenvalue weighted by molar-refractivity contribution is 7.89. The number of carbonyl (C=O) groups is 2. The molecule has 0 saturated carbocycles. The molecule has 1 aliphatic rings. The summed E-state index contributed by atoms with van der Waals surface area (Å²) in [4.78, 5) is 23.0. The second kappa shape index (κ2) is 5.59.